The van der Waals surface area contributed by atoms with Crippen molar-refractivity contribution in [1.82, 2.24) is 5.32 Å². The molecule has 0 radical (unpaired) electrons. The van der Waals surface area contributed by atoms with E-state index in [0.29, 0.717) is 35.0 Å². The molecule has 4 nitrogen and oxygen atoms in total. The van der Waals surface area contributed by atoms with Crippen LogP contribution in [0.2, 0.25) is 10.0 Å². The number of carbonyl (C=O) groups is 1. The molecule has 1 unspecified atom stereocenters. The first-order valence-corrected chi connectivity index (χ1v) is 7.81. The van der Waals surface area contributed by atoms with Crippen LogP contribution in [0.25, 0.3) is 0 Å². The van der Waals surface area contributed by atoms with Crippen molar-refractivity contribution >= 4 is 29.2 Å². The number of esters is 1. The average Bonchev–Trinajstić information content (AvgIpc) is 3.24. The Morgan fingerprint density at radius 2 is 2.14 bits per heavy atom. The zero-order valence-corrected chi connectivity index (χ0v) is 13.6. The maximum absolute atomic E-state index is 11.7. The molecule has 6 heteroatoms. The number of rotatable bonds is 7. The van der Waals surface area contributed by atoms with Crippen molar-refractivity contribution in [2.75, 3.05) is 6.61 Å². The topological polar surface area (TPSA) is 47.6 Å². The maximum Gasteiger partial charge on any atom is 0.347 e. The molecule has 0 aromatic heterocycles. The number of hydrogen-bond donors (Lipinski definition) is 1. The summed E-state index contributed by atoms with van der Waals surface area (Å²) in [6.07, 6.45) is 1.65. The Labute approximate surface area is 134 Å². The number of ether oxygens (including phenoxy) is 2. The van der Waals surface area contributed by atoms with Crippen LogP contribution in [0, 0.1) is 0 Å². The highest BCUT2D eigenvalue weighted by Crippen LogP contribution is 2.34. The van der Waals surface area contributed by atoms with Gasteiger partial charge in [-0.1, -0.05) is 23.2 Å². The highest BCUT2D eigenvalue weighted by molar-refractivity contribution is 6.35. The van der Waals surface area contributed by atoms with Crippen molar-refractivity contribution in [2.24, 2.45) is 0 Å². The summed E-state index contributed by atoms with van der Waals surface area (Å²) in [5.41, 5.74) is 0.843. The SMILES string of the molecule is CCOC(=O)C(C)Oc1c(Cl)cc(Cl)cc1CNC1CC1. The third-order valence-electron chi connectivity index (χ3n) is 3.16. The molecule has 0 heterocycles. The highest BCUT2D eigenvalue weighted by atomic mass is 35.5. The van der Waals surface area contributed by atoms with Gasteiger partial charge in [0.2, 0.25) is 0 Å². The summed E-state index contributed by atoms with van der Waals surface area (Å²) in [5.74, 6) is 0.0689. The van der Waals surface area contributed by atoms with Crippen LogP contribution in [-0.2, 0) is 16.1 Å². The summed E-state index contributed by atoms with van der Waals surface area (Å²) in [6.45, 7) is 4.32. The lowest BCUT2D eigenvalue weighted by atomic mass is 10.2. The smallest absolute Gasteiger partial charge is 0.347 e. The molecule has 1 aliphatic rings. The van der Waals surface area contributed by atoms with Gasteiger partial charge in [0, 0.05) is 23.2 Å². The number of benzene rings is 1. The summed E-state index contributed by atoms with van der Waals surface area (Å²) in [4.78, 5) is 11.7. The van der Waals surface area contributed by atoms with Crippen LogP contribution in [-0.4, -0.2) is 24.7 Å². The van der Waals surface area contributed by atoms with Gasteiger partial charge in [0.05, 0.1) is 11.6 Å². The standard InChI is InChI=1S/C15H19Cl2NO3/c1-3-20-15(19)9(2)21-14-10(8-18-12-4-5-12)6-11(16)7-13(14)17/h6-7,9,12,18H,3-5,8H2,1-2H3. The lowest BCUT2D eigenvalue weighted by Crippen LogP contribution is -2.27. The minimum absolute atomic E-state index is 0.316. The lowest BCUT2D eigenvalue weighted by Gasteiger charge is -2.18. The third kappa shape index (κ3) is 4.77. The van der Waals surface area contributed by atoms with Crippen LogP contribution in [0.3, 0.4) is 0 Å². The molecule has 1 atom stereocenters. The van der Waals surface area contributed by atoms with E-state index < -0.39 is 12.1 Å². The number of carbonyl (C=O) groups excluding carboxylic acids is 1. The quantitative estimate of drug-likeness (QED) is 0.776. The van der Waals surface area contributed by atoms with E-state index in [2.05, 4.69) is 5.32 Å². The fourth-order valence-corrected chi connectivity index (χ4v) is 2.48. The Morgan fingerprint density at radius 3 is 2.76 bits per heavy atom. The van der Waals surface area contributed by atoms with Gasteiger partial charge in [0.15, 0.2) is 6.10 Å². The van der Waals surface area contributed by atoms with E-state index in [4.69, 9.17) is 32.7 Å². The van der Waals surface area contributed by atoms with Crippen molar-refractivity contribution in [1.29, 1.82) is 0 Å². The van der Waals surface area contributed by atoms with Crippen LogP contribution in [0.5, 0.6) is 5.75 Å². The van der Waals surface area contributed by atoms with Gasteiger partial charge in [-0.3, -0.25) is 0 Å². The van der Waals surface area contributed by atoms with Crippen LogP contribution in [0.1, 0.15) is 32.3 Å². The second-order valence-electron chi connectivity index (χ2n) is 5.04. The molecule has 21 heavy (non-hydrogen) atoms. The molecule has 0 saturated heterocycles. The zero-order chi connectivity index (χ0) is 15.4. The molecule has 2 rings (SSSR count). The zero-order valence-electron chi connectivity index (χ0n) is 12.1. The average molecular weight is 332 g/mol. The predicted molar refractivity (Wildman–Crippen MR) is 83.0 cm³/mol. The minimum atomic E-state index is -0.719. The van der Waals surface area contributed by atoms with Gasteiger partial charge in [0.1, 0.15) is 5.75 Å². The minimum Gasteiger partial charge on any atom is -0.477 e. The Hall–Kier alpha value is -0.970. The number of nitrogens with one attached hydrogen (secondary N) is 1. The van der Waals surface area contributed by atoms with Crippen molar-refractivity contribution < 1.29 is 14.3 Å². The fourth-order valence-electron chi connectivity index (χ4n) is 1.90. The first kappa shape index (κ1) is 16.4. The van der Waals surface area contributed by atoms with E-state index >= 15 is 0 Å². The summed E-state index contributed by atoms with van der Waals surface area (Å²) in [5, 5.41) is 4.32. The van der Waals surface area contributed by atoms with E-state index in [1.807, 2.05) is 0 Å². The van der Waals surface area contributed by atoms with E-state index in [-0.39, 0.29) is 0 Å². The normalized spacial score (nSPS) is 15.6. The third-order valence-corrected chi connectivity index (χ3v) is 3.66. The molecule has 1 aliphatic carbocycles. The second kappa shape index (κ2) is 7.34. The molecule has 1 saturated carbocycles. The van der Waals surface area contributed by atoms with Gasteiger partial charge in [0.25, 0.3) is 0 Å². The summed E-state index contributed by atoms with van der Waals surface area (Å²) in [7, 11) is 0. The molecular formula is C15H19Cl2NO3. The number of hydrogen-bond acceptors (Lipinski definition) is 4. The van der Waals surface area contributed by atoms with Crippen molar-refractivity contribution in [2.45, 2.75) is 45.4 Å². The van der Waals surface area contributed by atoms with Gasteiger partial charge in [-0.2, -0.15) is 0 Å². The predicted octanol–water partition coefficient (Wildman–Crippen LogP) is 3.58. The second-order valence-corrected chi connectivity index (χ2v) is 5.89. The first-order chi connectivity index (χ1) is 10.0. The number of halogens is 2. The van der Waals surface area contributed by atoms with Gasteiger partial charge in [-0.25, -0.2) is 4.79 Å². The summed E-state index contributed by atoms with van der Waals surface area (Å²) < 4.78 is 10.6. The molecule has 0 spiro atoms. The van der Waals surface area contributed by atoms with E-state index in [9.17, 15) is 4.79 Å². The highest BCUT2D eigenvalue weighted by Gasteiger charge is 2.23. The van der Waals surface area contributed by atoms with Crippen molar-refractivity contribution in [3.63, 3.8) is 0 Å². The Kier molecular flexibility index (Phi) is 5.73. The molecule has 0 amide bonds. The van der Waals surface area contributed by atoms with Crippen LogP contribution in [0.15, 0.2) is 12.1 Å². The van der Waals surface area contributed by atoms with E-state index in [0.717, 1.165) is 5.56 Å². The van der Waals surface area contributed by atoms with Crippen LogP contribution in [0.4, 0.5) is 0 Å². The Bertz CT molecular complexity index is 518. The maximum atomic E-state index is 11.7. The van der Waals surface area contributed by atoms with Gasteiger partial charge in [-0.15, -0.1) is 0 Å². The van der Waals surface area contributed by atoms with Crippen molar-refractivity contribution in [3.05, 3.63) is 27.7 Å². The van der Waals surface area contributed by atoms with Crippen LogP contribution >= 0.6 is 23.2 Å². The lowest BCUT2D eigenvalue weighted by molar-refractivity contribution is -0.150. The van der Waals surface area contributed by atoms with Gasteiger partial charge < -0.3 is 14.8 Å². The Balaban J connectivity index is 2.13. The summed E-state index contributed by atoms with van der Waals surface area (Å²) >= 11 is 12.2. The van der Waals surface area contributed by atoms with Crippen LogP contribution < -0.4 is 10.1 Å². The molecule has 1 fully saturated rings. The Morgan fingerprint density at radius 1 is 1.43 bits per heavy atom. The van der Waals surface area contributed by atoms with E-state index in [1.165, 1.54) is 12.8 Å². The molecule has 1 N–H and O–H groups in total. The molecule has 1 aromatic carbocycles. The fraction of sp³-hybridized carbons (Fsp3) is 0.533. The van der Waals surface area contributed by atoms with Gasteiger partial charge in [-0.05, 0) is 38.8 Å². The molecule has 116 valence electrons. The van der Waals surface area contributed by atoms with E-state index in [1.54, 1.807) is 26.0 Å². The monoisotopic (exact) mass is 331 g/mol. The molecule has 1 aromatic rings. The molecule has 0 aliphatic heterocycles. The summed E-state index contributed by atoms with van der Waals surface area (Å²) in [6, 6.07) is 3.96. The van der Waals surface area contributed by atoms with Crippen molar-refractivity contribution in [3.8, 4) is 5.75 Å². The van der Waals surface area contributed by atoms with Gasteiger partial charge >= 0.3 is 5.97 Å². The largest absolute Gasteiger partial charge is 0.477 e. The molecular weight excluding hydrogens is 313 g/mol. The molecule has 0 bridgehead atoms. The first-order valence-electron chi connectivity index (χ1n) is 7.05.